The smallest absolute Gasteiger partial charge is 0.481 e. The van der Waals surface area contributed by atoms with Gasteiger partial charge in [0.1, 0.15) is 5.75 Å². The number of carbonyl (C=O) groups is 1. The minimum absolute atomic E-state index is 0.0942. The van der Waals surface area contributed by atoms with Crippen molar-refractivity contribution < 1.29 is 27.8 Å². The molecule has 196 valence electrons. The topological polar surface area (TPSA) is 49.8 Å². The zero-order valence-electron chi connectivity index (χ0n) is 20.8. The van der Waals surface area contributed by atoms with Crippen molar-refractivity contribution in [2.75, 3.05) is 0 Å². The lowest BCUT2D eigenvalue weighted by Crippen LogP contribution is -2.32. The van der Waals surface area contributed by atoms with Crippen molar-refractivity contribution in [3.8, 4) is 16.9 Å². The van der Waals surface area contributed by atoms with Crippen LogP contribution in [0.1, 0.15) is 42.1 Å². The van der Waals surface area contributed by atoms with Crippen LogP contribution in [-0.4, -0.2) is 22.3 Å². The molecular weight excluding hydrogens is 491 g/mol. The van der Waals surface area contributed by atoms with Crippen molar-refractivity contribution in [3.63, 3.8) is 0 Å². The van der Waals surface area contributed by atoms with Gasteiger partial charge in [0.25, 0.3) is 0 Å². The molecule has 4 rings (SSSR count). The molecule has 0 aromatic heterocycles. The fraction of sp³-hybridized carbons (Fsp3) is 0.194. The summed E-state index contributed by atoms with van der Waals surface area (Å²) in [5.41, 5.74) is 4.39. The molecule has 1 unspecified atom stereocenters. The molecule has 0 aliphatic rings. The van der Waals surface area contributed by atoms with Gasteiger partial charge < -0.3 is 9.84 Å². The van der Waals surface area contributed by atoms with E-state index < -0.39 is 18.4 Å². The van der Waals surface area contributed by atoms with E-state index in [1.807, 2.05) is 84.9 Å². The molecule has 0 bridgehead atoms. The molecular formula is C31H28F3NO3. The summed E-state index contributed by atoms with van der Waals surface area (Å²) in [5, 5.41) is 9.89. The molecule has 4 aromatic carbocycles. The summed E-state index contributed by atoms with van der Waals surface area (Å²) in [6.45, 7) is 2.60. The highest BCUT2D eigenvalue weighted by molar-refractivity contribution is 5.69. The number of benzene rings is 4. The first kappa shape index (κ1) is 26.9. The first-order valence-corrected chi connectivity index (χ1v) is 12.2. The molecule has 0 amide bonds. The molecule has 4 nitrogen and oxygen atoms in total. The van der Waals surface area contributed by atoms with Gasteiger partial charge in [-0.05, 0) is 52.9 Å². The Morgan fingerprint density at radius 2 is 1.42 bits per heavy atom. The van der Waals surface area contributed by atoms with Crippen molar-refractivity contribution in [2.45, 2.75) is 38.3 Å². The maximum atomic E-state index is 12.6. The number of aliphatic carboxylic acids is 1. The van der Waals surface area contributed by atoms with E-state index in [9.17, 15) is 23.1 Å². The normalized spacial score (nSPS) is 13.2. The summed E-state index contributed by atoms with van der Waals surface area (Å²) in [7, 11) is 0. The van der Waals surface area contributed by atoms with Crippen LogP contribution < -0.4 is 4.74 Å². The van der Waals surface area contributed by atoms with Gasteiger partial charge in [0, 0.05) is 18.6 Å². The first-order valence-electron chi connectivity index (χ1n) is 12.2. The number of carboxylic acid groups (broad SMARTS) is 1. The molecule has 0 saturated heterocycles. The molecule has 0 spiro atoms. The molecule has 0 aliphatic carbocycles. The largest absolute Gasteiger partial charge is 0.573 e. The third-order valence-electron chi connectivity index (χ3n) is 6.45. The third-order valence-corrected chi connectivity index (χ3v) is 6.45. The second-order valence-electron chi connectivity index (χ2n) is 9.06. The summed E-state index contributed by atoms with van der Waals surface area (Å²) in [5.74, 6) is -1.22. The average molecular weight is 520 g/mol. The number of halogens is 3. The average Bonchev–Trinajstić information content (AvgIpc) is 2.91. The Kier molecular flexibility index (Phi) is 8.48. The number of carboxylic acids is 1. The van der Waals surface area contributed by atoms with Crippen LogP contribution in [0.4, 0.5) is 13.2 Å². The Bertz CT molecular complexity index is 1330. The highest BCUT2D eigenvalue weighted by Crippen LogP contribution is 2.36. The fourth-order valence-corrected chi connectivity index (χ4v) is 4.60. The van der Waals surface area contributed by atoms with Crippen LogP contribution in [0.15, 0.2) is 109 Å². The van der Waals surface area contributed by atoms with Gasteiger partial charge in [-0.15, -0.1) is 13.2 Å². The Morgan fingerprint density at radius 3 is 2.03 bits per heavy atom. The summed E-state index contributed by atoms with van der Waals surface area (Å²) >= 11 is 0. The van der Waals surface area contributed by atoms with Gasteiger partial charge in [-0.2, -0.15) is 0 Å². The number of alkyl halides is 3. The molecule has 0 fully saturated rings. The maximum absolute atomic E-state index is 12.6. The van der Waals surface area contributed by atoms with Crippen LogP contribution in [-0.2, 0) is 11.3 Å². The molecule has 0 aliphatic heterocycles. The molecule has 7 heteroatoms. The molecule has 4 aromatic rings. The van der Waals surface area contributed by atoms with Gasteiger partial charge in [-0.1, -0.05) is 91.0 Å². The van der Waals surface area contributed by atoms with E-state index in [1.54, 1.807) is 12.1 Å². The quantitative estimate of drug-likeness (QED) is 0.230. The van der Waals surface area contributed by atoms with Crippen LogP contribution in [0, 0.1) is 0 Å². The van der Waals surface area contributed by atoms with Crippen molar-refractivity contribution in [1.82, 2.24) is 4.90 Å². The summed E-state index contributed by atoms with van der Waals surface area (Å²) in [4.78, 5) is 14.3. The molecule has 0 heterocycles. The monoisotopic (exact) mass is 519 g/mol. The zero-order valence-corrected chi connectivity index (χ0v) is 20.8. The van der Waals surface area contributed by atoms with Crippen molar-refractivity contribution >= 4 is 5.97 Å². The van der Waals surface area contributed by atoms with Crippen LogP contribution in [0.3, 0.4) is 0 Å². The molecule has 38 heavy (non-hydrogen) atoms. The van der Waals surface area contributed by atoms with E-state index in [0.717, 1.165) is 22.3 Å². The Labute approximate surface area is 219 Å². The summed E-state index contributed by atoms with van der Waals surface area (Å²) < 4.78 is 41.6. The lowest BCUT2D eigenvalue weighted by atomic mass is 9.94. The number of hydrogen-bond acceptors (Lipinski definition) is 3. The minimum Gasteiger partial charge on any atom is -0.481 e. The van der Waals surface area contributed by atoms with Crippen LogP contribution in [0.2, 0.25) is 0 Å². The predicted octanol–water partition coefficient (Wildman–Crippen LogP) is 8.03. The Morgan fingerprint density at radius 1 is 0.816 bits per heavy atom. The van der Waals surface area contributed by atoms with Gasteiger partial charge >= 0.3 is 12.3 Å². The molecule has 0 radical (unpaired) electrons. The van der Waals surface area contributed by atoms with Crippen molar-refractivity contribution in [3.05, 3.63) is 126 Å². The van der Waals surface area contributed by atoms with E-state index in [0.29, 0.717) is 12.1 Å². The van der Waals surface area contributed by atoms with E-state index in [1.165, 1.54) is 12.1 Å². The first-order chi connectivity index (χ1) is 18.2. The fourth-order valence-electron chi connectivity index (χ4n) is 4.60. The van der Waals surface area contributed by atoms with Crippen LogP contribution in [0.5, 0.6) is 5.75 Å². The highest BCUT2D eigenvalue weighted by atomic mass is 19.4. The van der Waals surface area contributed by atoms with E-state index in [4.69, 9.17) is 0 Å². The van der Waals surface area contributed by atoms with E-state index in [-0.39, 0.29) is 18.2 Å². The van der Waals surface area contributed by atoms with E-state index in [2.05, 4.69) is 16.6 Å². The molecule has 1 N–H and O–H groups in total. The van der Waals surface area contributed by atoms with Gasteiger partial charge in [0.15, 0.2) is 0 Å². The summed E-state index contributed by atoms with van der Waals surface area (Å²) in [6.07, 6.45) is -4.88. The Balaban J connectivity index is 1.71. The Hall–Kier alpha value is -4.10. The number of rotatable bonds is 10. The van der Waals surface area contributed by atoms with Gasteiger partial charge in [-0.3, -0.25) is 9.69 Å². The number of nitrogens with zero attached hydrogens (tertiary/aromatic N) is 1. The van der Waals surface area contributed by atoms with E-state index >= 15 is 0 Å². The lowest BCUT2D eigenvalue weighted by Gasteiger charge is -2.37. The molecule has 2 atom stereocenters. The number of ether oxygens (including phenoxy) is 1. The van der Waals surface area contributed by atoms with Crippen molar-refractivity contribution in [1.29, 1.82) is 0 Å². The van der Waals surface area contributed by atoms with Crippen molar-refractivity contribution in [2.24, 2.45) is 0 Å². The lowest BCUT2D eigenvalue weighted by molar-refractivity contribution is -0.274. The standard InChI is InChI=1S/C31H28F3NO3/c1-22(24-11-6-3-7-12-24)35(21-23-9-4-2-5-10-23)29(20-30(36)37)27-14-8-13-26(19-27)25-15-17-28(18-16-25)38-31(32,33)34/h2-19,22,29H,20-21H2,1H3,(H,36,37)/t22-,29?/m1/s1. The van der Waals surface area contributed by atoms with Gasteiger partial charge in [0.05, 0.1) is 6.42 Å². The minimum atomic E-state index is -4.76. The van der Waals surface area contributed by atoms with Crippen LogP contribution in [0.25, 0.3) is 11.1 Å². The maximum Gasteiger partial charge on any atom is 0.573 e. The third kappa shape index (κ3) is 7.23. The predicted molar refractivity (Wildman–Crippen MR) is 140 cm³/mol. The number of hydrogen-bond donors (Lipinski definition) is 1. The van der Waals surface area contributed by atoms with Gasteiger partial charge in [0.2, 0.25) is 0 Å². The van der Waals surface area contributed by atoms with Gasteiger partial charge in [-0.25, -0.2) is 0 Å². The summed E-state index contributed by atoms with van der Waals surface area (Å²) in [6, 6.07) is 32.4. The molecule has 0 saturated carbocycles. The highest BCUT2D eigenvalue weighted by Gasteiger charge is 2.31. The zero-order chi connectivity index (χ0) is 27.1. The second kappa shape index (κ2) is 12.0. The second-order valence-corrected chi connectivity index (χ2v) is 9.06. The SMILES string of the molecule is C[C@H](c1ccccc1)N(Cc1ccccc1)C(CC(=O)O)c1cccc(-c2ccc(OC(F)(F)F)cc2)c1. The van der Waals surface area contributed by atoms with Crippen LogP contribution >= 0.6 is 0 Å².